The van der Waals surface area contributed by atoms with Crippen molar-refractivity contribution >= 4 is 29.0 Å². The summed E-state index contributed by atoms with van der Waals surface area (Å²) in [5, 5.41) is 29.2. The lowest BCUT2D eigenvalue weighted by molar-refractivity contribution is 0.112. The first kappa shape index (κ1) is 19.4. The molecule has 0 aliphatic rings. The van der Waals surface area contributed by atoms with Gasteiger partial charge in [0.2, 0.25) is 0 Å². The van der Waals surface area contributed by atoms with E-state index in [-0.39, 0.29) is 22.5 Å². The summed E-state index contributed by atoms with van der Waals surface area (Å²) in [5.74, 6) is 0. The Bertz CT molecular complexity index is 946. The summed E-state index contributed by atoms with van der Waals surface area (Å²) in [6.07, 6.45) is 0.749. The van der Waals surface area contributed by atoms with Gasteiger partial charge < -0.3 is 4.90 Å². The molecule has 8 heteroatoms. The lowest BCUT2D eigenvalue weighted by Gasteiger charge is -2.22. The summed E-state index contributed by atoms with van der Waals surface area (Å²) in [6.45, 7) is 5.51. The molecule has 0 saturated carbocycles. The third-order valence-corrected chi connectivity index (χ3v) is 3.95. The van der Waals surface area contributed by atoms with Gasteiger partial charge in [0.15, 0.2) is 6.29 Å². The standard InChI is InChI=1S/C19H16N6O2/c1-3-25(4-2)18-6-5-16(9-15(18)12-26)22-23-19-13(10-20)7-17(24-27)8-14(19)11-21/h5-9,12H,3-4H2,1-2H3. The second-order valence-corrected chi connectivity index (χ2v) is 5.44. The second kappa shape index (κ2) is 8.97. The average molecular weight is 360 g/mol. The zero-order chi connectivity index (χ0) is 19.8. The van der Waals surface area contributed by atoms with E-state index in [0.717, 1.165) is 25.1 Å². The Morgan fingerprint density at radius 3 is 2.11 bits per heavy atom. The van der Waals surface area contributed by atoms with Gasteiger partial charge in [0.1, 0.15) is 23.5 Å². The first-order chi connectivity index (χ1) is 13.1. The minimum atomic E-state index is -0.0335. The Labute approximate surface area is 156 Å². The molecule has 0 aromatic heterocycles. The predicted octanol–water partition coefficient (Wildman–Crippen LogP) is 4.90. The van der Waals surface area contributed by atoms with Crippen LogP contribution in [0, 0.1) is 27.6 Å². The Hall–Kier alpha value is -3.91. The Morgan fingerprint density at radius 1 is 1.00 bits per heavy atom. The van der Waals surface area contributed by atoms with Crippen LogP contribution < -0.4 is 4.90 Å². The number of nitrogens with zero attached hydrogens (tertiary/aromatic N) is 6. The van der Waals surface area contributed by atoms with Crippen molar-refractivity contribution in [2.24, 2.45) is 15.4 Å². The van der Waals surface area contributed by atoms with E-state index >= 15 is 0 Å². The van der Waals surface area contributed by atoms with E-state index in [0.29, 0.717) is 11.3 Å². The number of carbonyl (C=O) groups excluding carboxylic acids is 1. The summed E-state index contributed by atoms with van der Waals surface area (Å²) in [5.41, 5.74) is 1.72. The van der Waals surface area contributed by atoms with E-state index in [1.54, 1.807) is 18.2 Å². The summed E-state index contributed by atoms with van der Waals surface area (Å²) in [6, 6.07) is 11.3. The van der Waals surface area contributed by atoms with E-state index in [4.69, 9.17) is 0 Å². The molecule has 0 unspecified atom stereocenters. The van der Waals surface area contributed by atoms with Crippen LogP contribution in [0.3, 0.4) is 0 Å². The molecule has 0 bridgehead atoms. The fraction of sp³-hybridized carbons (Fsp3) is 0.211. The first-order valence-corrected chi connectivity index (χ1v) is 8.19. The minimum absolute atomic E-state index is 0.0165. The number of nitroso groups, excluding NO2 is 1. The van der Waals surface area contributed by atoms with E-state index in [1.807, 2.05) is 30.9 Å². The largest absolute Gasteiger partial charge is 0.372 e. The van der Waals surface area contributed by atoms with Crippen molar-refractivity contribution in [3.8, 4) is 12.1 Å². The van der Waals surface area contributed by atoms with Gasteiger partial charge in [-0.25, -0.2) is 0 Å². The number of benzene rings is 2. The number of hydrogen-bond donors (Lipinski definition) is 0. The Kier molecular flexibility index (Phi) is 6.45. The summed E-state index contributed by atoms with van der Waals surface area (Å²) in [4.78, 5) is 24.2. The molecule has 0 amide bonds. The molecule has 0 aliphatic carbocycles. The summed E-state index contributed by atoms with van der Waals surface area (Å²) in [7, 11) is 0. The van der Waals surface area contributed by atoms with Crippen LogP contribution in [0.5, 0.6) is 0 Å². The van der Waals surface area contributed by atoms with Crippen molar-refractivity contribution in [2.75, 3.05) is 18.0 Å². The van der Waals surface area contributed by atoms with Crippen LogP contribution in [0.4, 0.5) is 22.7 Å². The zero-order valence-electron chi connectivity index (χ0n) is 14.9. The fourth-order valence-corrected chi connectivity index (χ4v) is 2.61. The Morgan fingerprint density at radius 2 is 1.63 bits per heavy atom. The highest BCUT2D eigenvalue weighted by Crippen LogP contribution is 2.31. The monoisotopic (exact) mass is 360 g/mol. The molecule has 0 atom stereocenters. The van der Waals surface area contributed by atoms with Gasteiger partial charge in [-0.1, -0.05) is 0 Å². The molecule has 134 valence electrons. The lowest BCUT2D eigenvalue weighted by atomic mass is 10.1. The van der Waals surface area contributed by atoms with Crippen molar-refractivity contribution in [1.29, 1.82) is 10.5 Å². The zero-order valence-corrected chi connectivity index (χ0v) is 14.9. The van der Waals surface area contributed by atoms with Gasteiger partial charge >= 0.3 is 0 Å². The number of azo groups is 1. The van der Waals surface area contributed by atoms with Gasteiger partial charge in [-0.15, -0.1) is 10.0 Å². The van der Waals surface area contributed by atoms with Crippen LogP contribution in [0.1, 0.15) is 35.3 Å². The molecule has 0 saturated heterocycles. The average Bonchev–Trinajstić information content (AvgIpc) is 2.72. The molecular formula is C19H16N6O2. The number of rotatable bonds is 7. The highest BCUT2D eigenvalue weighted by atomic mass is 16.3. The lowest BCUT2D eigenvalue weighted by Crippen LogP contribution is -2.22. The number of carbonyl (C=O) groups is 1. The predicted molar refractivity (Wildman–Crippen MR) is 101 cm³/mol. The first-order valence-electron chi connectivity index (χ1n) is 8.19. The van der Waals surface area contributed by atoms with E-state index in [9.17, 15) is 20.2 Å². The molecule has 0 heterocycles. The molecule has 0 radical (unpaired) electrons. The van der Waals surface area contributed by atoms with Gasteiger partial charge in [-0.05, 0) is 49.4 Å². The van der Waals surface area contributed by atoms with Crippen LogP contribution in [-0.2, 0) is 0 Å². The molecule has 2 aromatic rings. The molecule has 8 nitrogen and oxygen atoms in total. The maximum Gasteiger partial charge on any atom is 0.152 e. The van der Waals surface area contributed by atoms with Crippen molar-refractivity contribution < 1.29 is 4.79 Å². The van der Waals surface area contributed by atoms with Crippen LogP contribution >= 0.6 is 0 Å². The number of nitriles is 2. The Balaban J connectivity index is 2.48. The molecule has 27 heavy (non-hydrogen) atoms. The maximum atomic E-state index is 11.4. The van der Waals surface area contributed by atoms with Crippen LogP contribution in [-0.4, -0.2) is 19.4 Å². The molecule has 0 aliphatic heterocycles. The smallest absolute Gasteiger partial charge is 0.152 e. The van der Waals surface area contributed by atoms with Crippen LogP contribution in [0.25, 0.3) is 0 Å². The van der Waals surface area contributed by atoms with Crippen molar-refractivity contribution in [3.05, 3.63) is 51.9 Å². The van der Waals surface area contributed by atoms with Crippen molar-refractivity contribution in [3.63, 3.8) is 0 Å². The van der Waals surface area contributed by atoms with Crippen molar-refractivity contribution in [1.82, 2.24) is 0 Å². The van der Waals surface area contributed by atoms with E-state index in [1.165, 1.54) is 12.1 Å². The van der Waals surface area contributed by atoms with E-state index in [2.05, 4.69) is 15.4 Å². The molecule has 2 rings (SSSR count). The normalized spacial score (nSPS) is 10.2. The van der Waals surface area contributed by atoms with E-state index < -0.39 is 0 Å². The number of aldehydes is 1. The van der Waals surface area contributed by atoms with Gasteiger partial charge in [0, 0.05) is 24.3 Å². The number of hydrogen-bond acceptors (Lipinski definition) is 8. The van der Waals surface area contributed by atoms with Crippen molar-refractivity contribution in [2.45, 2.75) is 13.8 Å². The highest BCUT2D eigenvalue weighted by Gasteiger charge is 2.12. The second-order valence-electron chi connectivity index (χ2n) is 5.44. The van der Waals surface area contributed by atoms with Crippen LogP contribution in [0.15, 0.2) is 45.7 Å². The fourth-order valence-electron chi connectivity index (χ4n) is 2.61. The molecule has 0 spiro atoms. The van der Waals surface area contributed by atoms with Gasteiger partial charge in [0.05, 0.1) is 16.8 Å². The molecule has 0 fully saturated rings. The SMILES string of the molecule is CCN(CC)c1ccc(N=Nc2c(C#N)cc(N=O)cc2C#N)cc1C=O. The molecular weight excluding hydrogens is 344 g/mol. The number of anilines is 1. The van der Waals surface area contributed by atoms with Gasteiger partial charge in [-0.3, -0.25) is 4.79 Å². The van der Waals surface area contributed by atoms with Gasteiger partial charge in [-0.2, -0.15) is 15.6 Å². The minimum Gasteiger partial charge on any atom is -0.372 e. The van der Waals surface area contributed by atoms with Gasteiger partial charge in [0.25, 0.3) is 0 Å². The van der Waals surface area contributed by atoms with Crippen LogP contribution in [0.2, 0.25) is 0 Å². The molecule has 2 aromatic carbocycles. The topological polar surface area (TPSA) is 122 Å². The highest BCUT2D eigenvalue weighted by molar-refractivity contribution is 5.86. The third kappa shape index (κ3) is 4.20. The quantitative estimate of drug-likeness (QED) is 0.394. The molecule has 0 N–H and O–H groups in total. The maximum absolute atomic E-state index is 11.4. The third-order valence-electron chi connectivity index (χ3n) is 3.95. The summed E-state index contributed by atoms with van der Waals surface area (Å²) < 4.78 is 0. The summed E-state index contributed by atoms with van der Waals surface area (Å²) >= 11 is 0.